The molecule has 6 nitrogen and oxygen atoms in total. The largest absolute Gasteiger partial charge is 0.467 e. The molecule has 3 N–H and O–H groups in total. The molecule has 2 amide bonds. The van der Waals surface area contributed by atoms with Gasteiger partial charge < -0.3 is 20.5 Å². The molecular formula is C23H25FN2O4. The molecule has 0 unspecified atom stereocenters. The fourth-order valence-corrected chi connectivity index (χ4v) is 3.32. The highest BCUT2D eigenvalue weighted by atomic mass is 19.1. The predicted molar refractivity (Wildman–Crippen MR) is 110 cm³/mol. The Morgan fingerprint density at radius 2 is 1.83 bits per heavy atom. The summed E-state index contributed by atoms with van der Waals surface area (Å²) in [5.41, 5.74) is 1.95. The van der Waals surface area contributed by atoms with Gasteiger partial charge in [-0.25, -0.2) is 4.39 Å². The molecule has 2 saturated carbocycles. The third-order valence-corrected chi connectivity index (χ3v) is 5.52. The summed E-state index contributed by atoms with van der Waals surface area (Å²) in [6, 6.07) is 7.82. The van der Waals surface area contributed by atoms with Crippen molar-refractivity contribution in [2.24, 2.45) is 5.92 Å². The molecule has 0 radical (unpaired) electrons. The van der Waals surface area contributed by atoms with Crippen molar-refractivity contribution in [3.05, 3.63) is 52.8 Å². The first kappa shape index (κ1) is 20.3. The second-order valence-corrected chi connectivity index (χ2v) is 8.02. The minimum absolute atomic E-state index is 0.159. The zero-order valence-corrected chi connectivity index (χ0v) is 16.8. The lowest BCUT2D eigenvalue weighted by Crippen LogP contribution is -2.25. The fourth-order valence-electron chi connectivity index (χ4n) is 3.32. The van der Waals surface area contributed by atoms with Crippen LogP contribution in [0.1, 0.15) is 52.0 Å². The fraction of sp³-hybridized carbons (Fsp3) is 0.391. The standard InChI is InChI=1S/C23H25FN2O4/c1-13-19(8-16(9-20(13)24)23(29)26-17-5-6-17)18-7-4-15(10-21(18)30-12-27)22(28)25-11-14-2-3-14/h4,7-10,14,17,27H,2-3,5-6,11-12H2,1H3,(H,25,28)(H,26,29). The molecule has 2 aliphatic carbocycles. The second-order valence-electron chi connectivity index (χ2n) is 8.02. The van der Waals surface area contributed by atoms with Gasteiger partial charge >= 0.3 is 0 Å². The van der Waals surface area contributed by atoms with Crippen molar-refractivity contribution in [2.75, 3.05) is 13.3 Å². The van der Waals surface area contributed by atoms with Crippen LogP contribution >= 0.6 is 0 Å². The van der Waals surface area contributed by atoms with E-state index < -0.39 is 12.6 Å². The smallest absolute Gasteiger partial charge is 0.251 e. The molecule has 30 heavy (non-hydrogen) atoms. The zero-order chi connectivity index (χ0) is 21.3. The van der Waals surface area contributed by atoms with Crippen LogP contribution in [0.15, 0.2) is 30.3 Å². The number of aliphatic hydroxyl groups is 1. The lowest BCUT2D eigenvalue weighted by molar-refractivity contribution is 0.0936. The number of benzene rings is 2. The lowest BCUT2D eigenvalue weighted by Gasteiger charge is -2.16. The second kappa shape index (κ2) is 8.44. The van der Waals surface area contributed by atoms with Crippen LogP contribution in [0.2, 0.25) is 0 Å². The van der Waals surface area contributed by atoms with Gasteiger partial charge in [-0.1, -0.05) is 0 Å². The van der Waals surface area contributed by atoms with Crippen molar-refractivity contribution in [1.82, 2.24) is 10.6 Å². The van der Waals surface area contributed by atoms with Crippen molar-refractivity contribution >= 4 is 11.8 Å². The Kier molecular flexibility index (Phi) is 5.72. The average molecular weight is 412 g/mol. The normalized spacial score (nSPS) is 15.6. The van der Waals surface area contributed by atoms with Crippen LogP contribution in [0.25, 0.3) is 11.1 Å². The number of hydrogen-bond acceptors (Lipinski definition) is 4. The summed E-state index contributed by atoms with van der Waals surface area (Å²) in [5, 5.41) is 15.1. The van der Waals surface area contributed by atoms with Crippen LogP contribution in [0.5, 0.6) is 5.75 Å². The molecular weight excluding hydrogens is 387 g/mol. The maximum atomic E-state index is 14.6. The summed E-state index contributed by atoms with van der Waals surface area (Å²) in [6.07, 6.45) is 4.14. The van der Waals surface area contributed by atoms with Crippen molar-refractivity contribution < 1.29 is 23.8 Å². The molecule has 2 aromatic carbocycles. The van der Waals surface area contributed by atoms with E-state index in [4.69, 9.17) is 4.74 Å². The van der Waals surface area contributed by atoms with Crippen LogP contribution in [-0.2, 0) is 0 Å². The zero-order valence-electron chi connectivity index (χ0n) is 16.8. The Labute approximate surface area is 174 Å². The van der Waals surface area contributed by atoms with Crippen molar-refractivity contribution in [2.45, 2.75) is 38.6 Å². The molecule has 0 saturated heterocycles. The van der Waals surface area contributed by atoms with Gasteiger partial charge in [0.1, 0.15) is 11.6 Å². The Morgan fingerprint density at radius 1 is 1.07 bits per heavy atom. The van der Waals surface area contributed by atoms with E-state index in [1.165, 1.54) is 12.1 Å². The van der Waals surface area contributed by atoms with Gasteiger partial charge in [0.25, 0.3) is 11.8 Å². The molecule has 0 spiro atoms. The molecule has 0 aromatic heterocycles. The summed E-state index contributed by atoms with van der Waals surface area (Å²) < 4.78 is 20.0. The monoisotopic (exact) mass is 412 g/mol. The van der Waals surface area contributed by atoms with Gasteiger partial charge in [-0.15, -0.1) is 0 Å². The topological polar surface area (TPSA) is 87.7 Å². The first-order chi connectivity index (χ1) is 14.5. The Bertz CT molecular complexity index is 983. The van der Waals surface area contributed by atoms with Gasteiger partial charge in [-0.05, 0) is 80.0 Å². The van der Waals surface area contributed by atoms with Gasteiger partial charge in [-0.2, -0.15) is 0 Å². The summed E-state index contributed by atoms with van der Waals surface area (Å²) in [5.74, 6) is -0.250. The van der Waals surface area contributed by atoms with E-state index in [1.54, 1.807) is 25.1 Å². The number of aliphatic hydroxyl groups excluding tert-OH is 1. The Morgan fingerprint density at radius 3 is 2.50 bits per heavy atom. The van der Waals surface area contributed by atoms with Crippen LogP contribution in [0.3, 0.4) is 0 Å². The maximum Gasteiger partial charge on any atom is 0.251 e. The lowest BCUT2D eigenvalue weighted by atomic mass is 9.95. The van der Waals surface area contributed by atoms with Crippen LogP contribution in [0.4, 0.5) is 4.39 Å². The van der Waals surface area contributed by atoms with Gasteiger partial charge in [0.2, 0.25) is 0 Å². The minimum atomic E-state index is -0.594. The van der Waals surface area contributed by atoms with Crippen LogP contribution in [-0.4, -0.2) is 36.3 Å². The van der Waals surface area contributed by atoms with E-state index in [1.807, 2.05) is 0 Å². The molecule has 7 heteroatoms. The molecule has 0 heterocycles. The molecule has 0 atom stereocenters. The van der Waals surface area contributed by atoms with Crippen LogP contribution in [0, 0.1) is 18.7 Å². The summed E-state index contributed by atoms with van der Waals surface area (Å²) >= 11 is 0. The molecule has 2 aliphatic rings. The van der Waals surface area contributed by atoms with Crippen LogP contribution < -0.4 is 15.4 Å². The molecule has 158 valence electrons. The number of ether oxygens (including phenoxy) is 1. The van der Waals surface area contributed by atoms with E-state index >= 15 is 0 Å². The third-order valence-electron chi connectivity index (χ3n) is 5.52. The number of hydrogen-bond donors (Lipinski definition) is 3. The van der Waals surface area contributed by atoms with E-state index in [0.717, 1.165) is 25.7 Å². The van der Waals surface area contributed by atoms with Crippen molar-refractivity contribution in [3.63, 3.8) is 0 Å². The highest BCUT2D eigenvalue weighted by molar-refractivity contribution is 5.98. The number of carbonyl (C=O) groups is 2. The maximum absolute atomic E-state index is 14.6. The quantitative estimate of drug-likeness (QED) is 0.581. The molecule has 0 aliphatic heterocycles. The van der Waals surface area contributed by atoms with Gasteiger partial charge in [0.05, 0.1) is 0 Å². The minimum Gasteiger partial charge on any atom is -0.467 e. The number of amides is 2. The van der Waals surface area contributed by atoms with Gasteiger partial charge in [0, 0.05) is 29.3 Å². The Balaban J connectivity index is 1.66. The molecule has 2 fully saturated rings. The first-order valence-corrected chi connectivity index (χ1v) is 10.2. The third kappa shape index (κ3) is 4.62. The van der Waals surface area contributed by atoms with E-state index in [0.29, 0.717) is 34.7 Å². The highest BCUT2D eigenvalue weighted by Crippen LogP contribution is 2.35. The number of nitrogens with one attached hydrogen (secondary N) is 2. The first-order valence-electron chi connectivity index (χ1n) is 10.2. The summed E-state index contributed by atoms with van der Waals surface area (Å²) in [4.78, 5) is 24.8. The number of rotatable bonds is 8. The van der Waals surface area contributed by atoms with Gasteiger partial charge in [-0.3, -0.25) is 9.59 Å². The highest BCUT2D eigenvalue weighted by Gasteiger charge is 2.25. The van der Waals surface area contributed by atoms with E-state index in [-0.39, 0.29) is 29.2 Å². The SMILES string of the molecule is Cc1c(F)cc(C(=O)NC2CC2)cc1-c1ccc(C(=O)NCC2CC2)cc1OCO. The van der Waals surface area contributed by atoms with Crippen molar-refractivity contribution in [3.8, 4) is 16.9 Å². The molecule has 2 aromatic rings. The summed E-state index contributed by atoms with van der Waals surface area (Å²) in [6.45, 7) is 1.66. The summed E-state index contributed by atoms with van der Waals surface area (Å²) in [7, 11) is 0. The average Bonchev–Trinajstić information content (AvgIpc) is 3.64. The van der Waals surface area contributed by atoms with Crippen molar-refractivity contribution in [1.29, 1.82) is 0 Å². The number of carbonyl (C=O) groups excluding carboxylic acids is 2. The van der Waals surface area contributed by atoms with Gasteiger partial charge in [0.15, 0.2) is 6.79 Å². The van der Waals surface area contributed by atoms with E-state index in [2.05, 4.69) is 10.6 Å². The number of halogens is 1. The molecule has 4 rings (SSSR count). The molecule has 0 bridgehead atoms. The van der Waals surface area contributed by atoms with E-state index in [9.17, 15) is 19.1 Å². The predicted octanol–water partition coefficient (Wildman–Crippen LogP) is 3.16. The Hall–Kier alpha value is -2.93.